The molecule has 2 heterocycles. The Morgan fingerprint density at radius 2 is 0.938 bits per heavy atom. The molecule has 2 saturated heterocycles. The van der Waals surface area contributed by atoms with E-state index in [2.05, 4.69) is 24.3 Å². The lowest BCUT2D eigenvalue weighted by Gasteiger charge is -2.37. The Balaban J connectivity index is 1.46. The average molecular weight is 461 g/mol. The van der Waals surface area contributed by atoms with Gasteiger partial charge in [-0.25, -0.2) is 0 Å². The summed E-state index contributed by atoms with van der Waals surface area (Å²) >= 11 is 3.58. The summed E-state index contributed by atoms with van der Waals surface area (Å²) < 4.78 is 0. The summed E-state index contributed by atoms with van der Waals surface area (Å²) in [4.78, 5) is 29.6. The average Bonchev–Trinajstić information content (AvgIpc) is 2.85. The van der Waals surface area contributed by atoms with E-state index >= 15 is 0 Å². The quantitative estimate of drug-likeness (QED) is 0.477. The first-order chi connectivity index (χ1) is 15.7. The first-order valence-corrected chi connectivity index (χ1v) is 12.9. The van der Waals surface area contributed by atoms with Crippen LogP contribution in [-0.2, 0) is 9.59 Å². The third-order valence-electron chi connectivity index (χ3n) is 5.77. The highest BCUT2D eigenvalue weighted by atomic mass is 32.2. The minimum atomic E-state index is -0.0347. The molecule has 0 aromatic heterocycles. The molecule has 0 saturated carbocycles. The highest BCUT2D eigenvalue weighted by molar-refractivity contribution is 8.00. The van der Waals surface area contributed by atoms with Gasteiger partial charge in [-0.3, -0.25) is 19.4 Å². The lowest BCUT2D eigenvalue weighted by molar-refractivity contribution is -0.119. The van der Waals surface area contributed by atoms with Crippen molar-refractivity contribution >= 4 is 46.7 Å². The third-order valence-corrected chi connectivity index (χ3v) is 8.24. The Hall–Kier alpha value is -2.70. The Bertz CT molecular complexity index is 1000. The fourth-order valence-corrected chi connectivity index (χ4v) is 6.73. The second-order valence-corrected chi connectivity index (χ2v) is 10.2. The molecular formula is C26H24N2O2S2. The fourth-order valence-electron chi connectivity index (χ4n) is 4.23. The molecule has 0 aliphatic carbocycles. The second-order valence-electron chi connectivity index (χ2n) is 7.81. The van der Waals surface area contributed by atoms with E-state index in [-0.39, 0.29) is 22.6 Å². The molecule has 162 valence electrons. The maximum atomic E-state index is 12.9. The summed E-state index contributed by atoms with van der Waals surface area (Å²) in [6.07, 6.45) is 1.07. The van der Waals surface area contributed by atoms with Gasteiger partial charge in [0.15, 0.2) is 0 Å². The summed E-state index contributed by atoms with van der Waals surface area (Å²) in [6, 6.07) is 28.2. The Labute approximate surface area is 197 Å². The number of hydrogen-bond donors (Lipinski definition) is 0. The van der Waals surface area contributed by atoms with Crippen molar-refractivity contribution < 1.29 is 9.59 Å². The van der Waals surface area contributed by atoms with Gasteiger partial charge in [0.25, 0.3) is 0 Å². The van der Waals surface area contributed by atoms with Gasteiger partial charge >= 0.3 is 0 Å². The van der Waals surface area contributed by atoms with Gasteiger partial charge in [-0.1, -0.05) is 60.7 Å². The van der Waals surface area contributed by atoms with Crippen molar-refractivity contribution in [2.24, 2.45) is 0 Å². The van der Waals surface area contributed by atoms with Gasteiger partial charge in [0.05, 0.1) is 0 Å². The molecule has 2 fully saturated rings. The predicted octanol–water partition coefficient (Wildman–Crippen LogP) is 6.02. The van der Waals surface area contributed by atoms with Crippen molar-refractivity contribution in [3.05, 3.63) is 96.1 Å². The number of carbonyl (C=O) groups excluding carboxylic acids is 2. The van der Waals surface area contributed by atoms with Crippen LogP contribution in [0.2, 0.25) is 0 Å². The zero-order valence-corrected chi connectivity index (χ0v) is 19.2. The maximum Gasteiger partial charge on any atom is 0.229 e. The number of amides is 2. The largest absolute Gasteiger partial charge is 0.296 e. The van der Waals surface area contributed by atoms with Crippen LogP contribution in [0.4, 0.5) is 11.4 Å². The van der Waals surface area contributed by atoms with Gasteiger partial charge in [-0.15, -0.1) is 23.5 Å². The maximum absolute atomic E-state index is 12.9. The summed E-state index contributed by atoms with van der Waals surface area (Å²) in [5.41, 5.74) is 3.99. The fraction of sp³-hybridized carbons (Fsp3) is 0.231. The topological polar surface area (TPSA) is 40.6 Å². The normalized spacial score (nSPS) is 21.6. The summed E-state index contributed by atoms with van der Waals surface area (Å²) in [5, 5.41) is -0.0694. The van der Waals surface area contributed by atoms with Crippen LogP contribution < -0.4 is 9.80 Å². The third kappa shape index (κ3) is 4.17. The van der Waals surface area contributed by atoms with Crippen LogP contribution in [0.15, 0.2) is 84.9 Å². The van der Waals surface area contributed by atoms with Crippen molar-refractivity contribution in [3.63, 3.8) is 0 Å². The van der Waals surface area contributed by atoms with E-state index in [1.54, 1.807) is 23.5 Å². The van der Waals surface area contributed by atoms with E-state index in [9.17, 15) is 9.59 Å². The Morgan fingerprint density at radius 3 is 1.31 bits per heavy atom. The standard InChI is InChI=1S/C26H24N2O2S2/c29-23-15-17-31-25(19-7-3-1-4-8-19)27(23)21-11-13-22(14-12-21)28-24(30)16-18-32-26(28)20-9-5-2-6-10-20/h1-14,25-26H,15-18H2/t25-,26+. The zero-order valence-electron chi connectivity index (χ0n) is 17.6. The molecule has 0 unspecified atom stereocenters. The molecule has 4 nitrogen and oxygen atoms in total. The molecule has 2 amide bonds. The highest BCUT2D eigenvalue weighted by Crippen LogP contribution is 2.43. The van der Waals surface area contributed by atoms with E-state index < -0.39 is 0 Å². The van der Waals surface area contributed by atoms with E-state index in [1.165, 1.54) is 0 Å². The zero-order chi connectivity index (χ0) is 21.9. The number of rotatable bonds is 4. The van der Waals surface area contributed by atoms with E-state index in [0.29, 0.717) is 12.8 Å². The molecule has 32 heavy (non-hydrogen) atoms. The molecule has 6 heteroatoms. The van der Waals surface area contributed by atoms with Crippen molar-refractivity contribution in [2.45, 2.75) is 23.6 Å². The van der Waals surface area contributed by atoms with E-state index in [1.807, 2.05) is 70.5 Å². The smallest absolute Gasteiger partial charge is 0.229 e. The van der Waals surface area contributed by atoms with Crippen molar-refractivity contribution in [1.29, 1.82) is 0 Å². The number of hydrogen-bond acceptors (Lipinski definition) is 4. The molecule has 0 N–H and O–H groups in total. The number of thioether (sulfide) groups is 2. The summed E-state index contributed by atoms with van der Waals surface area (Å²) in [5.74, 6) is 1.92. The molecule has 0 bridgehead atoms. The minimum Gasteiger partial charge on any atom is -0.296 e. The van der Waals surface area contributed by atoms with Gasteiger partial charge in [0.1, 0.15) is 10.7 Å². The second kappa shape index (κ2) is 9.43. The highest BCUT2D eigenvalue weighted by Gasteiger charge is 2.33. The predicted molar refractivity (Wildman–Crippen MR) is 134 cm³/mol. The lowest BCUT2D eigenvalue weighted by Crippen LogP contribution is -2.38. The molecule has 0 spiro atoms. The number of nitrogens with zero attached hydrogens (tertiary/aromatic N) is 2. The number of carbonyl (C=O) groups is 2. The first-order valence-electron chi connectivity index (χ1n) is 10.8. The molecule has 5 rings (SSSR count). The van der Waals surface area contributed by atoms with Gasteiger partial charge < -0.3 is 0 Å². The van der Waals surface area contributed by atoms with Gasteiger partial charge in [-0.2, -0.15) is 0 Å². The molecule has 2 aliphatic rings. The summed E-state index contributed by atoms with van der Waals surface area (Å²) in [6.45, 7) is 0. The number of benzene rings is 3. The minimum absolute atomic E-state index is 0.0347. The van der Waals surface area contributed by atoms with Crippen LogP contribution in [0, 0.1) is 0 Å². The van der Waals surface area contributed by atoms with Crippen LogP contribution in [0.25, 0.3) is 0 Å². The van der Waals surface area contributed by atoms with E-state index in [0.717, 1.165) is 34.0 Å². The first kappa shape index (κ1) is 21.2. The van der Waals surface area contributed by atoms with Crippen molar-refractivity contribution in [2.75, 3.05) is 21.3 Å². The van der Waals surface area contributed by atoms with Crippen LogP contribution in [0.5, 0.6) is 0 Å². The van der Waals surface area contributed by atoms with Crippen molar-refractivity contribution in [1.82, 2.24) is 0 Å². The Kier molecular flexibility index (Phi) is 6.23. The van der Waals surface area contributed by atoms with Crippen LogP contribution in [0.1, 0.15) is 34.7 Å². The number of anilines is 2. The monoisotopic (exact) mass is 460 g/mol. The van der Waals surface area contributed by atoms with Crippen LogP contribution in [-0.4, -0.2) is 23.3 Å². The van der Waals surface area contributed by atoms with E-state index in [4.69, 9.17) is 0 Å². The molecule has 2 aliphatic heterocycles. The van der Waals surface area contributed by atoms with Gasteiger partial charge in [-0.05, 0) is 35.4 Å². The molecule has 0 radical (unpaired) electrons. The summed E-state index contributed by atoms with van der Waals surface area (Å²) in [7, 11) is 0. The molecule has 3 aromatic rings. The SMILES string of the molecule is O=C1CCS[C@H](c2ccccc2)N1c1ccc(N2C(=O)CCS[C@H]2c2ccccc2)cc1. The van der Waals surface area contributed by atoms with Gasteiger partial charge in [0, 0.05) is 35.7 Å². The molecule has 2 atom stereocenters. The lowest BCUT2D eigenvalue weighted by atomic mass is 10.1. The van der Waals surface area contributed by atoms with Crippen molar-refractivity contribution in [3.8, 4) is 0 Å². The van der Waals surface area contributed by atoms with Crippen LogP contribution in [0.3, 0.4) is 0 Å². The van der Waals surface area contributed by atoms with Crippen LogP contribution >= 0.6 is 23.5 Å². The molecular weight excluding hydrogens is 436 g/mol. The molecule has 3 aromatic carbocycles. The Morgan fingerprint density at radius 1 is 0.562 bits per heavy atom. The van der Waals surface area contributed by atoms with Gasteiger partial charge in [0.2, 0.25) is 11.8 Å².